The Morgan fingerprint density at radius 1 is 0.852 bits per heavy atom. The molecule has 4 aromatic rings. The van der Waals surface area contributed by atoms with Gasteiger partial charge in [0.25, 0.3) is 5.69 Å². The Morgan fingerprint density at radius 2 is 1.52 bits per heavy atom. The van der Waals surface area contributed by atoms with Crippen LogP contribution in [0.1, 0.15) is 35.4 Å². The number of non-ortho nitro benzene ring substituents is 1. The minimum Gasteiger partial charge on any atom is -0.508 e. The number of phenols is 1. The van der Waals surface area contributed by atoms with Gasteiger partial charge < -0.3 is 9.84 Å². The molecule has 4 aliphatic rings. The van der Waals surface area contributed by atoms with E-state index in [1.807, 2.05) is 0 Å². The predicted molar refractivity (Wildman–Crippen MR) is 187 cm³/mol. The number of hydrogen-bond acceptors (Lipinski definition) is 8. The Balaban J connectivity index is 1.35. The van der Waals surface area contributed by atoms with Crippen LogP contribution in [-0.2, 0) is 24.6 Å². The second kappa shape index (κ2) is 12.6. The van der Waals surface area contributed by atoms with E-state index in [0.717, 1.165) is 23.1 Å². The van der Waals surface area contributed by atoms with Gasteiger partial charge in [-0.1, -0.05) is 72.3 Å². The fourth-order valence-corrected chi connectivity index (χ4v) is 9.16. The molecule has 0 aromatic heterocycles. The number of rotatable bonds is 6. The van der Waals surface area contributed by atoms with Gasteiger partial charge in [-0.25, -0.2) is 0 Å². The number of halogens is 3. The van der Waals surface area contributed by atoms with Crippen molar-refractivity contribution in [2.24, 2.45) is 23.7 Å². The number of alkyl halides is 3. The highest BCUT2D eigenvalue weighted by Gasteiger charge is 2.66. The van der Waals surface area contributed by atoms with E-state index >= 15 is 4.79 Å². The number of amides is 2. The van der Waals surface area contributed by atoms with Crippen molar-refractivity contribution in [1.29, 1.82) is 0 Å². The number of phenolic OH excluding ortho intramolecular Hbond substituents is 1. The van der Waals surface area contributed by atoms with E-state index < -0.39 is 81.2 Å². The van der Waals surface area contributed by atoms with Crippen LogP contribution < -0.4 is 9.64 Å². The Hall–Kier alpha value is -6.37. The molecule has 1 heterocycles. The molecule has 8 rings (SSSR count). The number of ketones is 2. The summed E-state index contributed by atoms with van der Waals surface area (Å²) < 4.78 is 45.0. The normalized spacial score (nSPS) is 26.4. The summed E-state index contributed by atoms with van der Waals surface area (Å²) in [6, 6.07) is 24.8. The molecule has 272 valence electrons. The SMILES string of the molecule is O=C1C(c2ccccc2)=CC(=O)[C@@]2(c3ccccc3)[C@@H](c3cc(OC(F)(F)F)ccc3O)C3=CC[C@@H]4C(=O)N(c5ccc([N+](=O)[O-])cc5)C(=O)[C@@H]4[C@@H]3C[C@@H]12. The van der Waals surface area contributed by atoms with Crippen molar-refractivity contribution in [3.05, 3.63) is 148 Å². The molecule has 4 aromatic carbocycles. The fourth-order valence-electron chi connectivity index (χ4n) is 9.16. The number of Topliss-reactive ketones (excluding diaryl/α,β-unsaturated/α-hetero) is 1. The molecule has 0 unspecified atom stereocenters. The maximum absolute atomic E-state index is 15.1. The first kappa shape index (κ1) is 34.7. The predicted octanol–water partition coefficient (Wildman–Crippen LogP) is 7.23. The molecule has 2 fully saturated rings. The molecule has 1 N–H and O–H groups in total. The molecular formula is C41H29F3N2O8. The number of fused-ring (bicyclic) bond motifs is 4. The summed E-state index contributed by atoms with van der Waals surface area (Å²) in [5.41, 5.74) is -0.666. The molecule has 2 amide bonds. The van der Waals surface area contributed by atoms with Crippen LogP contribution in [0.3, 0.4) is 0 Å². The summed E-state index contributed by atoms with van der Waals surface area (Å²) in [7, 11) is 0. The van der Waals surface area contributed by atoms with Crippen LogP contribution in [0.25, 0.3) is 5.57 Å². The van der Waals surface area contributed by atoms with Crippen LogP contribution >= 0.6 is 0 Å². The average molecular weight is 735 g/mol. The van der Waals surface area contributed by atoms with Crippen molar-refractivity contribution in [3.8, 4) is 11.5 Å². The monoisotopic (exact) mass is 734 g/mol. The van der Waals surface area contributed by atoms with Gasteiger partial charge in [-0.15, -0.1) is 13.2 Å². The Bertz CT molecular complexity index is 2310. The van der Waals surface area contributed by atoms with Crippen molar-refractivity contribution in [3.63, 3.8) is 0 Å². The molecule has 54 heavy (non-hydrogen) atoms. The van der Waals surface area contributed by atoms with Gasteiger partial charge in [0.15, 0.2) is 11.6 Å². The zero-order chi connectivity index (χ0) is 38.1. The largest absolute Gasteiger partial charge is 0.573 e. The number of allylic oxidation sites excluding steroid dienone is 4. The van der Waals surface area contributed by atoms with Crippen LogP contribution in [-0.4, -0.2) is 39.8 Å². The molecule has 0 spiro atoms. The molecule has 0 radical (unpaired) electrons. The molecule has 6 atom stereocenters. The topological polar surface area (TPSA) is 144 Å². The number of aromatic hydroxyl groups is 1. The molecule has 1 aliphatic heterocycles. The maximum Gasteiger partial charge on any atom is 0.573 e. The van der Waals surface area contributed by atoms with E-state index in [-0.39, 0.29) is 35.4 Å². The zero-order valence-electron chi connectivity index (χ0n) is 28.1. The van der Waals surface area contributed by atoms with Gasteiger partial charge in [-0.2, -0.15) is 0 Å². The highest BCUT2D eigenvalue weighted by molar-refractivity contribution is 6.32. The first-order valence-electron chi connectivity index (χ1n) is 17.1. The number of hydrogen-bond donors (Lipinski definition) is 1. The van der Waals surface area contributed by atoms with Gasteiger partial charge >= 0.3 is 6.36 Å². The Morgan fingerprint density at radius 3 is 2.17 bits per heavy atom. The van der Waals surface area contributed by atoms with E-state index in [1.165, 1.54) is 30.3 Å². The van der Waals surface area contributed by atoms with Gasteiger partial charge in [0.05, 0.1) is 27.9 Å². The molecule has 0 bridgehead atoms. The fraction of sp³-hybridized carbons (Fsp3) is 0.220. The summed E-state index contributed by atoms with van der Waals surface area (Å²) in [6.07, 6.45) is -2.22. The lowest BCUT2D eigenvalue weighted by molar-refractivity contribution is -0.384. The molecular weight excluding hydrogens is 705 g/mol. The van der Waals surface area contributed by atoms with Crippen LogP contribution in [0.4, 0.5) is 24.5 Å². The summed E-state index contributed by atoms with van der Waals surface area (Å²) in [6.45, 7) is 0. The quantitative estimate of drug-likeness (QED) is 0.0946. The summed E-state index contributed by atoms with van der Waals surface area (Å²) in [5.74, 6) is -8.61. The van der Waals surface area contributed by atoms with E-state index in [1.54, 1.807) is 66.7 Å². The van der Waals surface area contributed by atoms with E-state index in [2.05, 4.69) is 4.74 Å². The van der Waals surface area contributed by atoms with Gasteiger partial charge in [0.2, 0.25) is 11.8 Å². The lowest BCUT2D eigenvalue weighted by Gasteiger charge is -2.55. The first-order chi connectivity index (χ1) is 25.8. The summed E-state index contributed by atoms with van der Waals surface area (Å²) >= 11 is 0. The van der Waals surface area contributed by atoms with Gasteiger partial charge in [0, 0.05) is 35.1 Å². The summed E-state index contributed by atoms with van der Waals surface area (Å²) in [4.78, 5) is 70.2. The Kier molecular flexibility index (Phi) is 8.12. The lowest BCUT2D eigenvalue weighted by atomic mass is 9.44. The van der Waals surface area contributed by atoms with Crippen LogP contribution in [0.5, 0.6) is 11.5 Å². The average Bonchev–Trinajstić information content (AvgIpc) is 3.42. The van der Waals surface area contributed by atoms with E-state index in [0.29, 0.717) is 16.7 Å². The van der Waals surface area contributed by atoms with E-state index in [4.69, 9.17) is 0 Å². The van der Waals surface area contributed by atoms with Crippen LogP contribution in [0.2, 0.25) is 0 Å². The standard InChI is InChI=1S/C41H29F3N2O8/c42-41(43,44)54-26-15-18-33(47)31(19-26)36-27-16-17-28-35(39(51)45(38(28)50)24-11-13-25(14-12-24)46(52)53)30(27)20-32-37(49)29(22-7-3-1-4-8-22)21-34(48)40(32,36)23-9-5-2-6-10-23/h1-16,18-19,21,28,30,32,35-36,47H,17,20H2/t28-,30+,32-,35-,36+,40-/m0/s1. The number of nitro groups is 1. The molecule has 13 heteroatoms. The van der Waals surface area contributed by atoms with Gasteiger partial charge in [-0.3, -0.25) is 34.2 Å². The van der Waals surface area contributed by atoms with Crippen molar-refractivity contribution >= 4 is 40.3 Å². The number of ether oxygens (including phenoxy) is 1. The number of carbonyl (C=O) groups excluding carboxylic acids is 4. The van der Waals surface area contributed by atoms with Gasteiger partial charge in [-0.05, 0) is 66.3 Å². The van der Waals surface area contributed by atoms with Crippen molar-refractivity contribution in [2.75, 3.05) is 4.90 Å². The number of benzene rings is 4. The third kappa shape index (κ3) is 5.33. The van der Waals surface area contributed by atoms with Gasteiger partial charge in [0.1, 0.15) is 11.5 Å². The summed E-state index contributed by atoms with van der Waals surface area (Å²) in [5, 5.41) is 22.8. The van der Waals surface area contributed by atoms with Crippen molar-refractivity contribution < 1.29 is 47.1 Å². The third-order valence-electron chi connectivity index (χ3n) is 11.2. The smallest absolute Gasteiger partial charge is 0.508 e. The molecule has 10 nitrogen and oxygen atoms in total. The number of carbonyl (C=O) groups is 4. The number of nitrogens with zero attached hydrogens (tertiary/aromatic N) is 2. The van der Waals surface area contributed by atoms with Crippen LogP contribution in [0, 0.1) is 33.8 Å². The highest BCUT2D eigenvalue weighted by atomic mass is 19.4. The molecule has 1 saturated carbocycles. The second-order valence-electron chi connectivity index (χ2n) is 13.8. The highest BCUT2D eigenvalue weighted by Crippen LogP contribution is 2.64. The number of imide groups is 1. The third-order valence-corrected chi connectivity index (χ3v) is 11.2. The van der Waals surface area contributed by atoms with Crippen molar-refractivity contribution in [2.45, 2.75) is 30.5 Å². The number of anilines is 1. The first-order valence-corrected chi connectivity index (χ1v) is 17.1. The molecule has 1 saturated heterocycles. The van der Waals surface area contributed by atoms with E-state index in [9.17, 15) is 42.8 Å². The number of nitro benzene ring substituents is 1. The van der Waals surface area contributed by atoms with Crippen molar-refractivity contribution in [1.82, 2.24) is 0 Å². The molecule has 3 aliphatic carbocycles. The second-order valence-corrected chi connectivity index (χ2v) is 13.8. The van der Waals surface area contributed by atoms with Crippen LogP contribution in [0.15, 0.2) is 121 Å². The minimum absolute atomic E-state index is 0.00331. The zero-order valence-corrected chi connectivity index (χ0v) is 28.1. The minimum atomic E-state index is -5.10. The lowest BCUT2D eigenvalue weighted by Crippen LogP contribution is -2.58. The maximum atomic E-state index is 15.1. The Labute approximate surface area is 305 Å².